The average molecular weight is 310 g/mol. The van der Waals surface area contributed by atoms with Gasteiger partial charge in [0.25, 0.3) is 0 Å². The van der Waals surface area contributed by atoms with Crippen LogP contribution in [0.4, 0.5) is 5.69 Å². The number of hydrogen-bond acceptors (Lipinski definition) is 3. The van der Waals surface area contributed by atoms with Gasteiger partial charge in [0.1, 0.15) is 5.75 Å². The van der Waals surface area contributed by atoms with Crippen molar-refractivity contribution in [3.05, 3.63) is 59.7 Å². The number of rotatable bonds is 5. The van der Waals surface area contributed by atoms with Crippen LogP contribution in [0.15, 0.2) is 48.5 Å². The summed E-state index contributed by atoms with van der Waals surface area (Å²) >= 11 is 0. The van der Waals surface area contributed by atoms with E-state index in [9.17, 15) is 4.79 Å². The lowest BCUT2D eigenvalue weighted by molar-refractivity contribution is -0.118. The Hall–Kier alpha value is -2.33. The first kappa shape index (κ1) is 15.6. The Kier molecular flexibility index (Phi) is 4.63. The van der Waals surface area contributed by atoms with Gasteiger partial charge in [0.05, 0.1) is 18.8 Å². The van der Waals surface area contributed by atoms with Crippen LogP contribution in [0.2, 0.25) is 0 Å². The van der Waals surface area contributed by atoms with Gasteiger partial charge in [-0.25, -0.2) is 0 Å². The Labute approximate surface area is 136 Å². The highest BCUT2D eigenvalue weighted by atomic mass is 16.5. The number of fused-ring (bicyclic) bond motifs is 1. The van der Waals surface area contributed by atoms with Crippen LogP contribution in [-0.2, 0) is 11.2 Å². The summed E-state index contributed by atoms with van der Waals surface area (Å²) in [4.78, 5) is 12.5. The molecule has 0 fully saturated rings. The zero-order valence-corrected chi connectivity index (χ0v) is 13.5. The normalized spacial score (nSPS) is 17.4. The molecule has 2 atom stereocenters. The minimum atomic E-state index is -0.281. The van der Waals surface area contributed by atoms with Gasteiger partial charge < -0.3 is 10.1 Å². The molecule has 2 aromatic carbocycles. The summed E-state index contributed by atoms with van der Waals surface area (Å²) in [5, 5.41) is 6.37. The molecule has 4 nitrogen and oxygen atoms in total. The number of amides is 1. The number of benzene rings is 2. The predicted molar refractivity (Wildman–Crippen MR) is 91.7 cm³/mol. The fraction of sp³-hybridized carbons (Fsp3) is 0.316. The lowest BCUT2D eigenvalue weighted by Gasteiger charge is -2.20. The van der Waals surface area contributed by atoms with Crippen molar-refractivity contribution in [3.8, 4) is 5.75 Å². The van der Waals surface area contributed by atoms with Crippen LogP contribution in [-0.4, -0.2) is 19.1 Å². The van der Waals surface area contributed by atoms with E-state index in [4.69, 9.17) is 4.74 Å². The van der Waals surface area contributed by atoms with Crippen LogP contribution in [0.5, 0.6) is 5.75 Å². The van der Waals surface area contributed by atoms with Crippen molar-refractivity contribution in [2.24, 2.45) is 0 Å². The highest BCUT2D eigenvalue weighted by Gasteiger charge is 2.25. The summed E-state index contributed by atoms with van der Waals surface area (Å²) in [6.45, 7) is 1.89. The number of methoxy groups -OCH3 is 1. The van der Waals surface area contributed by atoms with Gasteiger partial charge in [0.15, 0.2) is 0 Å². The second kappa shape index (κ2) is 6.84. The molecule has 1 aliphatic carbocycles. The number of carbonyl (C=O) groups is 1. The first-order chi connectivity index (χ1) is 11.2. The van der Waals surface area contributed by atoms with Gasteiger partial charge in [-0.1, -0.05) is 36.4 Å². The van der Waals surface area contributed by atoms with Crippen LogP contribution < -0.4 is 15.4 Å². The summed E-state index contributed by atoms with van der Waals surface area (Å²) in [5.41, 5.74) is 3.38. The molecule has 0 spiro atoms. The molecular weight excluding hydrogens is 288 g/mol. The molecule has 23 heavy (non-hydrogen) atoms. The third-order valence-electron chi connectivity index (χ3n) is 4.34. The molecule has 2 N–H and O–H groups in total. The van der Waals surface area contributed by atoms with Crippen LogP contribution in [0.25, 0.3) is 0 Å². The van der Waals surface area contributed by atoms with Crippen molar-refractivity contribution in [2.75, 3.05) is 12.4 Å². The minimum Gasteiger partial charge on any atom is -0.495 e. The highest BCUT2D eigenvalue weighted by molar-refractivity contribution is 5.95. The smallest absolute Gasteiger partial charge is 0.241 e. The monoisotopic (exact) mass is 310 g/mol. The predicted octanol–water partition coefficient (Wildman–Crippen LogP) is 3.30. The number of ether oxygens (including phenoxy) is 1. The summed E-state index contributed by atoms with van der Waals surface area (Å²) in [6.07, 6.45) is 2.10. The number of carbonyl (C=O) groups excluding carboxylic acids is 1. The summed E-state index contributed by atoms with van der Waals surface area (Å²) < 4.78 is 5.27. The number of anilines is 1. The largest absolute Gasteiger partial charge is 0.495 e. The van der Waals surface area contributed by atoms with Gasteiger partial charge in [-0.2, -0.15) is 0 Å². The van der Waals surface area contributed by atoms with E-state index >= 15 is 0 Å². The van der Waals surface area contributed by atoms with E-state index in [2.05, 4.69) is 34.9 Å². The molecule has 0 heterocycles. The second-order valence-corrected chi connectivity index (χ2v) is 5.87. The highest BCUT2D eigenvalue weighted by Crippen LogP contribution is 2.31. The molecule has 120 valence electrons. The first-order valence-corrected chi connectivity index (χ1v) is 7.97. The Morgan fingerprint density at radius 2 is 1.91 bits per heavy atom. The molecule has 0 saturated carbocycles. The third kappa shape index (κ3) is 3.37. The lowest BCUT2D eigenvalue weighted by Crippen LogP contribution is -2.39. The zero-order valence-electron chi connectivity index (χ0n) is 13.5. The van der Waals surface area contributed by atoms with E-state index in [1.807, 2.05) is 31.2 Å². The van der Waals surface area contributed by atoms with Gasteiger partial charge in [-0.15, -0.1) is 0 Å². The maximum absolute atomic E-state index is 12.5. The molecule has 0 radical (unpaired) electrons. The van der Waals surface area contributed by atoms with Gasteiger partial charge in [-0.3, -0.25) is 10.1 Å². The first-order valence-electron chi connectivity index (χ1n) is 7.97. The van der Waals surface area contributed by atoms with Gasteiger partial charge >= 0.3 is 0 Å². The number of nitrogens with one attached hydrogen (secondary N) is 2. The van der Waals surface area contributed by atoms with Crippen molar-refractivity contribution >= 4 is 11.6 Å². The summed E-state index contributed by atoms with van der Waals surface area (Å²) in [7, 11) is 1.60. The van der Waals surface area contributed by atoms with Crippen molar-refractivity contribution in [3.63, 3.8) is 0 Å². The van der Waals surface area contributed by atoms with E-state index in [1.165, 1.54) is 11.1 Å². The van der Waals surface area contributed by atoms with E-state index in [-0.39, 0.29) is 18.0 Å². The average Bonchev–Trinajstić information content (AvgIpc) is 2.98. The molecule has 4 heteroatoms. The van der Waals surface area contributed by atoms with Crippen molar-refractivity contribution in [2.45, 2.75) is 31.8 Å². The van der Waals surface area contributed by atoms with Gasteiger partial charge in [0, 0.05) is 6.04 Å². The maximum atomic E-state index is 12.5. The Bertz CT molecular complexity index is 699. The van der Waals surface area contributed by atoms with Crippen LogP contribution in [0.1, 0.15) is 30.5 Å². The minimum absolute atomic E-state index is 0.0566. The topological polar surface area (TPSA) is 50.4 Å². The summed E-state index contributed by atoms with van der Waals surface area (Å²) in [5.74, 6) is 0.609. The van der Waals surface area contributed by atoms with Gasteiger partial charge in [0.2, 0.25) is 5.91 Å². The molecule has 0 unspecified atom stereocenters. The van der Waals surface area contributed by atoms with E-state index < -0.39 is 0 Å². The van der Waals surface area contributed by atoms with E-state index in [0.717, 1.165) is 12.8 Å². The second-order valence-electron chi connectivity index (χ2n) is 5.87. The van der Waals surface area contributed by atoms with E-state index in [0.29, 0.717) is 11.4 Å². The molecule has 1 aliphatic rings. The third-order valence-corrected chi connectivity index (χ3v) is 4.34. The fourth-order valence-electron chi connectivity index (χ4n) is 3.10. The number of aryl methyl sites for hydroxylation is 1. The molecule has 1 amide bonds. The van der Waals surface area contributed by atoms with Crippen molar-refractivity contribution in [1.82, 2.24) is 5.32 Å². The maximum Gasteiger partial charge on any atom is 0.241 e. The molecular formula is C19H22N2O2. The van der Waals surface area contributed by atoms with Crippen LogP contribution >= 0.6 is 0 Å². The van der Waals surface area contributed by atoms with Crippen LogP contribution in [0, 0.1) is 0 Å². The number of para-hydroxylation sites is 2. The quantitative estimate of drug-likeness (QED) is 0.891. The molecule has 0 aliphatic heterocycles. The van der Waals surface area contributed by atoms with Crippen molar-refractivity contribution in [1.29, 1.82) is 0 Å². The number of hydrogen-bond donors (Lipinski definition) is 2. The van der Waals surface area contributed by atoms with Crippen molar-refractivity contribution < 1.29 is 9.53 Å². The Balaban J connectivity index is 1.65. The summed E-state index contributed by atoms with van der Waals surface area (Å²) in [6, 6.07) is 15.8. The molecule has 0 saturated heterocycles. The Morgan fingerprint density at radius 3 is 2.74 bits per heavy atom. The standard InChI is InChI=1S/C19H22N2O2/c1-13(19(22)21-17-9-5-6-10-18(17)23-2)20-16-12-11-14-7-3-4-8-15(14)16/h3-10,13,16,20H,11-12H2,1-2H3,(H,21,22)/t13-,16-/m0/s1. The fourth-order valence-corrected chi connectivity index (χ4v) is 3.10. The van der Waals surface area contributed by atoms with E-state index in [1.54, 1.807) is 7.11 Å². The van der Waals surface area contributed by atoms with Gasteiger partial charge in [-0.05, 0) is 43.0 Å². The lowest BCUT2D eigenvalue weighted by atomic mass is 10.1. The SMILES string of the molecule is COc1ccccc1NC(=O)[C@H](C)N[C@H]1CCc2ccccc21. The van der Waals surface area contributed by atoms with Crippen LogP contribution in [0.3, 0.4) is 0 Å². The Morgan fingerprint density at radius 1 is 1.17 bits per heavy atom. The zero-order chi connectivity index (χ0) is 16.2. The molecule has 3 rings (SSSR count). The molecule has 2 aromatic rings. The molecule has 0 bridgehead atoms. The molecule has 0 aromatic heterocycles.